The predicted octanol–water partition coefficient (Wildman–Crippen LogP) is 3.58. The Bertz CT molecular complexity index is 682. The molecule has 2 aliphatic rings. The van der Waals surface area contributed by atoms with E-state index in [1.54, 1.807) is 42.7 Å². The van der Waals surface area contributed by atoms with Crippen molar-refractivity contribution in [1.29, 1.82) is 0 Å². The number of benzene rings is 1. The summed E-state index contributed by atoms with van der Waals surface area (Å²) in [7, 11) is 4.73. The van der Waals surface area contributed by atoms with Gasteiger partial charge in [0.25, 0.3) is 0 Å². The zero-order chi connectivity index (χ0) is 20.6. The van der Waals surface area contributed by atoms with E-state index < -0.39 is 17.6 Å². The molecule has 2 aliphatic carbocycles. The van der Waals surface area contributed by atoms with E-state index in [0.29, 0.717) is 0 Å². The maximum absolute atomic E-state index is 5.52. The van der Waals surface area contributed by atoms with Gasteiger partial charge in [0, 0.05) is 42.7 Å². The highest BCUT2D eigenvalue weighted by Gasteiger charge is 2.48. The predicted molar refractivity (Wildman–Crippen MR) is 114 cm³/mol. The maximum Gasteiger partial charge on any atom is 0.512 e. The van der Waals surface area contributed by atoms with Crippen molar-refractivity contribution in [1.82, 2.24) is 0 Å². The van der Waals surface area contributed by atoms with Crippen molar-refractivity contribution in [2.24, 2.45) is 0 Å². The third-order valence-electron chi connectivity index (χ3n) is 5.04. The Morgan fingerprint density at radius 2 is 1.14 bits per heavy atom. The Morgan fingerprint density at radius 1 is 0.643 bits per heavy atom. The summed E-state index contributed by atoms with van der Waals surface area (Å²) in [5.41, 5.74) is 2.71. The topological polar surface area (TPSA) is 55.4 Å². The molecule has 0 heterocycles. The van der Waals surface area contributed by atoms with E-state index in [9.17, 15) is 0 Å². The van der Waals surface area contributed by atoms with Crippen LogP contribution < -0.4 is 0 Å². The summed E-state index contributed by atoms with van der Waals surface area (Å²) in [4.78, 5) is 0. The zero-order valence-corrected chi connectivity index (χ0v) is 19.4. The molecule has 0 aromatic heterocycles. The number of hydrogen-bond acceptors (Lipinski definition) is 6. The van der Waals surface area contributed by atoms with E-state index in [-0.39, 0.29) is 11.1 Å². The summed E-state index contributed by atoms with van der Waals surface area (Å²) in [5.74, 6) is 0. The van der Waals surface area contributed by atoms with Crippen LogP contribution in [0.3, 0.4) is 0 Å². The lowest BCUT2D eigenvalue weighted by atomic mass is 10.1. The van der Waals surface area contributed by atoms with Crippen molar-refractivity contribution >= 4 is 23.7 Å². The third-order valence-corrected chi connectivity index (χ3v) is 10.9. The lowest BCUT2D eigenvalue weighted by Gasteiger charge is -2.29. The standard InChI is InChI=1S/C12H16O3Si.C8H14O3Si/c1-13-16(14-2,15-3)12-9-8-10-6-4-5-7-11(10)12;1-9-12(10-2,11-3)8-6-4-5-7-8/h4-9,12H,1-3H3;4-8H,1-3H3. The average molecular weight is 423 g/mol. The molecule has 3 rings (SSSR count). The van der Waals surface area contributed by atoms with Crippen molar-refractivity contribution < 1.29 is 26.6 Å². The van der Waals surface area contributed by atoms with E-state index in [4.69, 9.17) is 26.6 Å². The molecule has 0 fully saturated rings. The molecule has 0 radical (unpaired) electrons. The van der Waals surface area contributed by atoms with Crippen LogP contribution in [0.1, 0.15) is 16.7 Å². The van der Waals surface area contributed by atoms with Gasteiger partial charge in [0.05, 0.1) is 11.1 Å². The van der Waals surface area contributed by atoms with Crippen LogP contribution in [0.5, 0.6) is 0 Å². The summed E-state index contributed by atoms with van der Waals surface area (Å²) in [6.45, 7) is 0. The van der Waals surface area contributed by atoms with E-state index in [1.165, 1.54) is 11.1 Å². The largest absolute Gasteiger partial charge is 0.512 e. The van der Waals surface area contributed by atoms with Gasteiger partial charge in [-0.15, -0.1) is 0 Å². The van der Waals surface area contributed by atoms with Crippen LogP contribution in [0.25, 0.3) is 6.08 Å². The molecular weight excluding hydrogens is 392 g/mol. The van der Waals surface area contributed by atoms with Crippen LogP contribution >= 0.6 is 0 Å². The monoisotopic (exact) mass is 422 g/mol. The highest BCUT2D eigenvalue weighted by molar-refractivity contribution is 6.63. The second-order valence-corrected chi connectivity index (χ2v) is 12.3. The molecule has 1 atom stereocenters. The van der Waals surface area contributed by atoms with Gasteiger partial charge in [0.1, 0.15) is 0 Å². The number of hydrogen-bond donors (Lipinski definition) is 0. The van der Waals surface area contributed by atoms with Crippen molar-refractivity contribution in [3.05, 3.63) is 65.8 Å². The molecule has 1 unspecified atom stereocenters. The van der Waals surface area contributed by atoms with Gasteiger partial charge in [-0.2, -0.15) is 0 Å². The molecule has 0 bridgehead atoms. The first-order valence-electron chi connectivity index (χ1n) is 8.99. The van der Waals surface area contributed by atoms with Gasteiger partial charge in [-0.25, -0.2) is 0 Å². The quantitative estimate of drug-likeness (QED) is 0.597. The Hall–Kier alpha value is -1.37. The van der Waals surface area contributed by atoms with Gasteiger partial charge in [-0.3, -0.25) is 0 Å². The first-order chi connectivity index (χ1) is 13.6. The van der Waals surface area contributed by atoms with Crippen LogP contribution in [-0.2, 0) is 26.6 Å². The molecule has 1 aromatic carbocycles. The summed E-state index contributed by atoms with van der Waals surface area (Å²) < 4.78 is 32.5. The van der Waals surface area contributed by atoms with Gasteiger partial charge in [0.15, 0.2) is 0 Å². The number of allylic oxidation sites excluding steroid dienone is 5. The lowest BCUT2D eigenvalue weighted by molar-refractivity contribution is 0.118. The molecule has 0 saturated carbocycles. The van der Waals surface area contributed by atoms with E-state index >= 15 is 0 Å². The lowest BCUT2D eigenvalue weighted by Crippen LogP contribution is -2.48. The van der Waals surface area contributed by atoms with E-state index in [0.717, 1.165) is 0 Å². The Kier molecular flexibility index (Phi) is 8.53. The summed E-state index contributed by atoms with van der Waals surface area (Å²) in [6, 6.07) is 8.24. The number of rotatable bonds is 8. The van der Waals surface area contributed by atoms with Crippen molar-refractivity contribution in [3.8, 4) is 0 Å². The minimum Gasteiger partial charge on any atom is -0.376 e. The minimum atomic E-state index is -2.62. The second kappa shape index (κ2) is 10.4. The van der Waals surface area contributed by atoms with Gasteiger partial charge < -0.3 is 26.6 Å². The van der Waals surface area contributed by atoms with Crippen LogP contribution in [0.2, 0.25) is 5.54 Å². The number of fused-ring (bicyclic) bond motifs is 1. The molecule has 8 heteroatoms. The fraction of sp³-hybridized carbons (Fsp3) is 0.400. The average Bonchev–Trinajstić information content (AvgIpc) is 3.44. The third kappa shape index (κ3) is 4.45. The molecule has 0 amide bonds. The first-order valence-corrected chi connectivity index (χ1v) is 12.6. The van der Waals surface area contributed by atoms with Gasteiger partial charge >= 0.3 is 17.6 Å². The van der Waals surface area contributed by atoms with E-state index in [1.807, 2.05) is 36.4 Å². The molecule has 6 nitrogen and oxygen atoms in total. The van der Waals surface area contributed by atoms with Crippen LogP contribution in [0.15, 0.2) is 54.6 Å². The molecule has 154 valence electrons. The van der Waals surface area contributed by atoms with Gasteiger partial charge in [-0.1, -0.05) is 60.7 Å². The highest BCUT2D eigenvalue weighted by atomic mass is 28.4. The van der Waals surface area contributed by atoms with E-state index in [2.05, 4.69) is 24.3 Å². The Morgan fingerprint density at radius 3 is 1.64 bits per heavy atom. The minimum absolute atomic E-state index is 0.101. The fourth-order valence-electron chi connectivity index (χ4n) is 3.51. The Balaban J connectivity index is 0.000000209. The molecule has 0 aliphatic heterocycles. The van der Waals surface area contributed by atoms with Crippen molar-refractivity contribution in [2.45, 2.75) is 11.1 Å². The molecule has 0 N–H and O–H groups in total. The molecule has 0 saturated heterocycles. The SMILES string of the molecule is CO[Si](OC)(OC)C1C=CC=C1.CO[Si](OC)(OC)C1C=Cc2ccccc21. The maximum atomic E-state index is 5.52. The van der Waals surface area contributed by atoms with Crippen LogP contribution in [0, 0.1) is 0 Å². The normalized spacial score (nSPS) is 18.3. The molecular formula is C20H30O6Si2. The van der Waals surface area contributed by atoms with Gasteiger partial charge in [0.2, 0.25) is 0 Å². The zero-order valence-electron chi connectivity index (χ0n) is 17.4. The molecule has 1 aromatic rings. The van der Waals surface area contributed by atoms with Crippen LogP contribution in [-0.4, -0.2) is 60.3 Å². The second-order valence-electron chi connectivity index (χ2n) is 6.19. The van der Waals surface area contributed by atoms with Crippen molar-refractivity contribution in [3.63, 3.8) is 0 Å². The highest BCUT2D eigenvalue weighted by Crippen LogP contribution is 2.37. The summed E-state index contributed by atoms with van der Waals surface area (Å²) >= 11 is 0. The van der Waals surface area contributed by atoms with Crippen LogP contribution in [0.4, 0.5) is 0 Å². The van der Waals surface area contributed by atoms with Crippen molar-refractivity contribution in [2.75, 3.05) is 42.7 Å². The summed E-state index contributed by atoms with van der Waals surface area (Å²) in [6.07, 6.45) is 12.2. The van der Waals surface area contributed by atoms with Gasteiger partial charge in [-0.05, 0) is 11.1 Å². The first kappa shape index (κ1) is 22.9. The summed E-state index contributed by atoms with van der Waals surface area (Å²) in [5, 5.41) is 0. The molecule has 0 spiro atoms. The molecule has 28 heavy (non-hydrogen) atoms. The Labute approximate surface area is 170 Å². The smallest absolute Gasteiger partial charge is 0.376 e. The fourth-order valence-corrected chi connectivity index (χ4v) is 7.76.